The van der Waals surface area contributed by atoms with Gasteiger partial charge in [0.2, 0.25) is 5.91 Å². The van der Waals surface area contributed by atoms with Crippen LogP contribution >= 0.6 is 0 Å². The molecule has 104 valence electrons. The van der Waals surface area contributed by atoms with E-state index in [9.17, 15) is 9.59 Å². The third kappa shape index (κ3) is 4.27. The number of amides is 3. The van der Waals surface area contributed by atoms with Crippen LogP contribution in [0.1, 0.15) is 19.8 Å². The van der Waals surface area contributed by atoms with Crippen molar-refractivity contribution in [2.75, 3.05) is 33.9 Å². The van der Waals surface area contributed by atoms with E-state index in [1.807, 2.05) is 6.92 Å². The van der Waals surface area contributed by atoms with Gasteiger partial charge in [0.15, 0.2) is 0 Å². The molecule has 1 aliphatic heterocycles. The van der Waals surface area contributed by atoms with Crippen LogP contribution in [0.3, 0.4) is 0 Å². The summed E-state index contributed by atoms with van der Waals surface area (Å²) in [5, 5.41) is 4.68. The molecule has 0 radical (unpaired) electrons. The van der Waals surface area contributed by atoms with Gasteiger partial charge in [-0.3, -0.25) is 15.0 Å². The second kappa shape index (κ2) is 7.33. The minimum absolute atomic E-state index is 0.257. The van der Waals surface area contributed by atoms with Crippen molar-refractivity contribution >= 4 is 11.9 Å². The standard InChI is InChI=1S/C12H23N3O3/c1-9(11(16)14-12(17)13-2)15-6-4-5-10(7-15)8-18-3/h9-10H,4-8H2,1-3H3,(H2,13,14,16,17)/t9-,10-/m0/s1. The molecule has 0 spiro atoms. The maximum Gasteiger partial charge on any atom is 0.321 e. The average molecular weight is 257 g/mol. The van der Waals surface area contributed by atoms with Crippen LogP contribution in [0.4, 0.5) is 4.79 Å². The lowest BCUT2D eigenvalue weighted by molar-refractivity contribution is -0.125. The molecule has 1 saturated heterocycles. The van der Waals surface area contributed by atoms with Crippen LogP contribution in [0, 0.1) is 5.92 Å². The van der Waals surface area contributed by atoms with E-state index in [0.29, 0.717) is 5.92 Å². The third-order valence-corrected chi connectivity index (χ3v) is 3.34. The van der Waals surface area contributed by atoms with Crippen LogP contribution in [-0.2, 0) is 9.53 Å². The summed E-state index contributed by atoms with van der Waals surface area (Å²) in [6.07, 6.45) is 2.19. The fraction of sp³-hybridized carbons (Fsp3) is 0.833. The molecule has 0 aromatic heterocycles. The maximum absolute atomic E-state index is 11.8. The number of hydrogen-bond acceptors (Lipinski definition) is 4. The summed E-state index contributed by atoms with van der Waals surface area (Å²) in [7, 11) is 3.18. The Morgan fingerprint density at radius 2 is 2.22 bits per heavy atom. The molecular formula is C12H23N3O3. The number of carbonyl (C=O) groups is 2. The van der Waals surface area contributed by atoms with Crippen molar-refractivity contribution in [1.29, 1.82) is 0 Å². The SMILES string of the molecule is CNC(=O)NC(=O)[C@H](C)N1CCC[C@H](COC)C1. The summed E-state index contributed by atoms with van der Waals surface area (Å²) >= 11 is 0. The van der Waals surface area contributed by atoms with Crippen molar-refractivity contribution in [3.05, 3.63) is 0 Å². The highest BCUT2D eigenvalue weighted by molar-refractivity contribution is 5.96. The van der Waals surface area contributed by atoms with E-state index in [1.54, 1.807) is 7.11 Å². The molecule has 0 unspecified atom stereocenters. The van der Waals surface area contributed by atoms with Crippen molar-refractivity contribution in [2.45, 2.75) is 25.8 Å². The highest BCUT2D eigenvalue weighted by atomic mass is 16.5. The first-order valence-corrected chi connectivity index (χ1v) is 6.34. The molecular weight excluding hydrogens is 234 g/mol. The molecule has 1 rings (SSSR count). The molecule has 1 fully saturated rings. The van der Waals surface area contributed by atoms with Gasteiger partial charge in [0.1, 0.15) is 0 Å². The minimum Gasteiger partial charge on any atom is -0.384 e. The number of ether oxygens (including phenoxy) is 1. The highest BCUT2D eigenvalue weighted by Crippen LogP contribution is 2.18. The number of hydrogen-bond donors (Lipinski definition) is 2. The lowest BCUT2D eigenvalue weighted by Crippen LogP contribution is -2.52. The molecule has 6 heteroatoms. The first-order valence-electron chi connectivity index (χ1n) is 6.34. The zero-order chi connectivity index (χ0) is 13.5. The zero-order valence-electron chi connectivity index (χ0n) is 11.4. The summed E-state index contributed by atoms with van der Waals surface area (Å²) in [4.78, 5) is 25.0. The van der Waals surface area contributed by atoms with Crippen molar-refractivity contribution in [3.8, 4) is 0 Å². The quantitative estimate of drug-likeness (QED) is 0.754. The van der Waals surface area contributed by atoms with E-state index in [1.165, 1.54) is 7.05 Å². The minimum atomic E-state index is -0.461. The summed E-state index contributed by atoms with van der Waals surface area (Å²) in [6.45, 7) is 4.28. The second-order valence-corrected chi connectivity index (χ2v) is 4.70. The number of urea groups is 1. The maximum atomic E-state index is 11.8. The van der Waals surface area contributed by atoms with Gasteiger partial charge in [0.05, 0.1) is 12.6 Å². The Balaban J connectivity index is 2.47. The Bertz CT molecular complexity index is 294. The van der Waals surface area contributed by atoms with E-state index in [-0.39, 0.29) is 11.9 Å². The van der Waals surface area contributed by atoms with Gasteiger partial charge in [-0.25, -0.2) is 4.79 Å². The van der Waals surface area contributed by atoms with Crippen LogP contribution in [0.2, 0.25) is 0 Å². The predicted octanol–water partition coefficient (Wildman–Crippen LogP) is 0.189. The van der Waals surface area contributed by atoms with Gasteiger partial charge in [0, 0.05) is 20.7 Å². The third-order valence-electron chi connectivity index (χ3n) is 3.34. The van der Waals surface area contributed by atoms with Gasteiger partial charge in [0.25, 0.3) is 0 Å². The number of likely N-dealkylation sites (tertiary alicyclic amines) is 1. The van der Waals surface area contributed by atoms with E-state index in [4.69, 9.17) is 4.74 Å². The normalized spacial score (nSPS) is 22.3. The largest absolute Gasteiger partial charge is 0.384 e. The summed E-state index contributed by atoms with van der Waals surface area (Å²) < 4.78 is 5.16. The Hall–Kier alpha value is -1.14. The number of piperidine rings is 1. The number of methoxy groups -OCH3 is 1. The molecule has 2 N–H and O–H groups in total. The molecule has 0 saturated carbocycles. The van der Waals surface area contributed by atoms with E-state index in [0.717, 1.165) is 32.5 Å². The van der Waals surface area contributed by atoms with Crippen LogP contribution in [-0.4, -0.2) is 56.7 Å². The van der Waals surface area contributed by atoms with Crippen molar-refractivity contribution in [1.82, 2.24) is 15.5 Å². The average Bonchev–Trinajstić information content (AvgIpc) is 2.38. The zero-order valence-corrected chi connectivity index (χ0v) is 11.4. The van der Waals surface area contributed by atoms with E-state index < -0.39 is 6.03 Å². The summed E-state index contributed by atoms with van der Waals surface area (Å²) in [5.74, 6) is 0.214. The lowest BCUT2D eigenvalue weighted by Gasteiger charge is -2.35. The first kappa shape index (κ1) is 14.9. The molecule has 2 atom stereocenters. The molecule has 18 heavy (non-hydrogen) atoms. The Morgan fingerprint density at radius 1 is 1.50 bits per heavy atom. The van der Waals surface area contributed by atoms with Gasteiger partial charge in [-0.1, -0.05) is 0 Å². The molecule has 6 nitrogen and oxygen atoms in total. The Morgan fingerprint density at radius 3 is 2.83 bits per heavy atom. The topological polar surface area (TPSA) is 70.7 Å². The first-order chi connectivity index (χ1) is 8.58. The van der Waals surface area contributed by atoms with E-state index in [2.05, 4.69) is 15.5 Å². The number of nitrogens with zero attached hydrogens (tertiary/aromatic N) is 1. The number of carbonyl (C=O) groups excluding carboxylic acids is 2. The number of nitrogens with one attached hydrogen (secondary N) is 2. The Labute approximate surface area is 108 Å². The van der Waals surface area contributed by atoms with Crippen molar-refractivity contribution < 1.29 is 14.3 Å². The molecule has 0 aliphatic carbocycles. The smallest absolute Gasteiger partial charge is 0.321 e. The van der Waals surface area contributed by atoms with Gasteiger partial charge in [-0.15, -0.1) is 0 Å². The molecule has 0 aromatic rings. The van der Waals surface area contributed by atoms with Crippen LogP contribution in [0.15, 0.2) is 0 Å². The van der Waals surface area contributed by atoms with Crippen LogP contribution in [0.25, 0.3) is 0 Å². The fourth-order valence-corrected chi connectivity index (χ4v) is 2.27. The van der Waals surface area contributed by atoms with Gasteiger partial charge in [-0.2, -0.15) is 0 Å². The highest BCUT2D eigenvalue weighted by Gasteiger charge is 2.27. The van der Waals surface area contributed by atoms with Crippen LogP contribution < -0.4 is 10.6 Å². The van der Waals surface area contributed by atoms with Crippen LogP contribution in [0.5, 0.6) is 0 Å². The van der Waals surface area contributed by atoms with Gasteiger partial charge < -0.3 is 10.1 Å². The van der Waals surface area contributed by atoms with Gasteiger partial charge in [-0.05, 0) is 32.2 Å². The molecule has 1 heterocycles. The number of rotatable bonds is 4. The summed E-state index contributed by atoms with van der Waals surface area (Å²) in [6, 6.07) is -0.751. The van der Waals surface area contributed by atoms with Crippen molar-refractivity contribution in [3.63, 3.8) is 0 Å². The molecule has 0 aromatic carbocycles. The molecule has 3 amide bonds. The van der Waals surface area contributed by atoms with Crippen molar-refractivity contribution in [2.24, 2.45) is 5.92 Å². The summed E-state index contributed by atoms with van der Waals surface area (Å²) in [5.41, 5.74) is 0. The van der Waals surface area contributed by atoms with E-state index >= 15 is 0 Å². The Kier molecular flexibility index (Phi) is 6.07. The lowest BCUT2D eigenvalue weighted by atomic mass is 9.97. The predicted molar refractivity (Wildman–Crippen MR) is 68.2 cm³/mol. The molecule has 1 aliphatic rings. The monoisotopic (exact) mass is 257 g/mol. The number of imide groups is 1. The second-order valence-electron chi connectivity index (χ2n) is 4.70. The fourth-order valence-electron chi connectivity index (χ4n) is 2.27. The van der Waals surface area contributed by atoms with Gasteiger partial charge >= 0.3 is 6.03 Å². The molecule has 0 bridgehead atoms.